The molecule has 110 valence electrons. The van der Waals surface area contributed by atoms with Crippen LogP contribution in [0, 0.1) is 0 Å². The van der Waals surface area contributed by atoms with Crippen LogP contribution in [-0.2, 0) is 6.42 Å². The smallest absolute Gasteiger partial charge is 0.161 e. The van der Waals surface area contributed by atoms with E-state index in [1.807, 2.05) is 49.4 Å². The molecule has 0 aromatic heterocycles. The van der Waals surface area contributed by atoms with Crippen LogP contribution >= 0.6 is 0 Å². The van der Waals surface area contributed by atoms with Gasteiger partial charge in [-0.15, -0.1) is 0 Å². The second-order valence-electron chi connectivity index (χ2n) is 5.22. The van der Waals surface area contributed by atoms with Crippen molar-refractivity contribution in [1.29, 1.82) is 0 Å². The molecule has 0 spiro atoms. The number of rotatable bonds is 4. The lowest BCUT2D eigenvalue weighted by molar-refractivity contribution is 0.0214. The molecule has 0 saturated carbocycles. The molecule has 2 unspecified atom stereocenters. The maximum Gasteiger partial charge on any atom is 0.161 e. The zero-order chi connectivity index (χ0) is 14.7. The Morgan fingerprint density at radius 3 is 2.57 bits per heavy atom. The third-order valence-corrected chi connectivity index (χ3v) is 3.85. The molecule has 1 N–H and O–H groups in total. The van der Waals surface area contributed by atoms with Crippen molar-refractivity contribution in [3.8, 4) is 11.5 Å². The van der Waals surface area contributed by atoms with Crippen LogP contribution in [0.2, 0.25) is 0 Å². The molecular formula is C18H20O3. The summed E-state index contributed by atoms with van der Waals surface area (Å²) in [5.74, 6) is 1.42. The van der Waals surface area contributed by atoms with Crippen molar-refractivity contribution in [3.63, 3.8) is 0 Å². The molecule has 3 nitrogen and oxygen atoms in total. The van der Waals surface area contributed by atoms with Crippen molar-refractivity contribution in [2.45, 2.75) is 32.0 Å². The predicted octanol–water partition coefficient (Wildman–Crippen LogP) is 3.51. The van der Waals surface area contributed by atoms with E-state index in [-0.39, 0.29) is 6.10 Å². The standard InChI is InChI=1S/C18H20O3/c1-2-20-15-9-5-6-10-16(15)21-17-12-11-13-7-3-4-8-14(13)18(17)19/h3-10,17-19H,2,11-12H2,1H3. The van der Waals surface area contributed by atoms with E-state index in [0.717, 1.165) is 24.2 Å². The van der Waals surface area contributed by atoms with Crippen molar-refractivity contribution < 1.29 is 14.6 Å². The van der Waals surface area contributed by atoms with Crippen molar-refractivity contribution in [3.05, 3.63) is 59.7 Å². The van der Waals surface area contributed by atoms with Crippen molar-refractivity contribution in [2.24, 2.45) is 0 Å². The number of aliphatic hydroxyl groups is 1. The largest absolute Gasteiger partial charge is 0.490 e. The summed E-state index contributed by atoms with van der Waals surface area (Å²) in [5.41, 5.74) is 2.19. The van der Waals surface area contributed by atoms with Crippen LogP contribution in [0.4, 0.5) is 0 Å². The summed E-state index contributed by atoms with van der Waals surface area (Å²) in [6.45, 7) is 2.54. The first-order valence-corrected chi connectivity index (χ1v) is 7.44. The Bertz CT molecular complexity index is 609. The minimum atomic E-state index is -0.593. The Morgan fingerprint density at radius 2 is 1.76 bits per heavy atom. The topological polar surface area (TPSA) is 38.7 Å². The van der Waals surface area contributed by atoms with Gasteiger partial charge < -0.3 is 14.6 Å². The van der Waals surface area contributed by atoms with Gasteiger partial charge in [-0.05, 0) is 43.0 Å². The van der Waals surface area contributed by atoms with Gasteiger partial charge in [0.2, 0.25) is 0 Å². The van der Waals surface area contributed by atoms with Crippen molar-refractivity contribution in [1.82, 2.24) is 0 Å². The summed E-state index contributed by atoms with van der Waals surface area (Å²) in [7, 11) is 0. The number of hydrogen-bond acceptors (Lipinski definition) is 3. The number of benzene rings is 2. The Hall–Kier alpha value is -2.00. The number of aliphatic hydroxyl groups excluding tert-OH is 1. The molecule has 3 heteroatoms. The van der Waals surface area contributed by atoms with E-state index in [4.69, 9.17) is 9.47 Å². The molecular weight excluding hydrogens is 264 g/mol. The monoisotopic (exact) mass is 284 g/mol. The molecule has 0 aliphatic heterocycles. The maximum absolute atomic E-state index is 10.5. The molecule has 0 bridgehead atoms. The van der Waals surface area contributed by atoms with Gasteiger partial charge in [-0.2, -0.15) is 0 Å². The van der Waals surface area contributed by atoms with Gasteiger partial charge >= 0.3 is 0 Å². The van der Waals surface area contributed by atoms with E-state index in [1.54, 1.807) is 0 Å². The minimum absolute atomic E-state index is 0.235. The molecule has 1 aliphatic rings. The predicted molar refractivity (Wildman–Crippen MR) is 81.7 cm³/mol. The first-order valence-electron chi connectivity index (χ1n) is 7.44. The lowest BCUT2D eigenvalue weighted by Crippen LogP contribution is -2.30. The SMILES string of the molecule is CCOc1ccccc1OC1CCc2ccccc2C1O. The van der Waals surface area contributed by atoms with Gasteiger partial charge in [0.15, 0.2) is 11.5 Å². The van der Waals surface area contributed by atoms with E-state index in [2.05, 4.69) is 6.07 Å². The molecule has 0 fully saturated rings. The average Bonchev–Trinajstić information content (AvgIpc) is 2.52. The Kier molecular flexibility index (Phi) is 4.11. The van der Waals surface area contributed by atoms with E-state index in [9.17, 15) is 5.11 Å². The summed E-state index contributed by atoms with van der Waals surface area (Å²) in [6, 6.07) is 15.6. The molecule has 0 saturated heterocycles. The molecule has 3 rings (SSSR count). The van der Waals surface area contributed by atoms with Crippen LogP contribution in [0.1, 0.15) is 30.6 Å². The van der Waals surface area contributed by atoms with Crippen LogP contribution in [-0.4, -0.2) is 17.8 Å². The normalized spacial score (nSPS) is 20.7. The number of para-hydroxylation sites is 2. The Morgan fingerprint density at radius 1 is 1.05 bits per heavy atom. The highest BCUT2D eigenvalue weighted by Gasteiger charge is 2.29. The lowest BCUT2D eigenvalue weighted by Gasteiger charge is -2.30. The number of hydrogen-bond donors (Lipinski definition) is 1. The Balaban J connectivity index is 1.81. The summed E-state index contributed by atoms with van der Waals surface area (Å²) >= 11 is 0. The lowest BCUT2D eigenvalue weighted by atomic mass is 9.87. The summed E-state index contributed by atoms with van der Waals surface area (Å²) < 4.78 is 11.6. The minimum Gasteiger partial charge on any atom is -0.490 e. The van der Waals surface area contributed by atoms with Gasteiger partial charge in [-0.3, -0.25) is 0 Å². The fraction of sp³-hybridized carbons (Fsp3) is 0.333. The molecule has 21 heavy (non-hydrogen) atoms. The third-order valence-electron chi connectivity index (χ3n) is 3.85. The molecule has 2 aromatic carbocycles. The molecule has 1 aliphatic carbocycles. The molecule has 0 radical (unpaired) electrons. The van der Waals surface area contributed by atoms with Crippen LogP contribution in [0.15, 0.2) is 48.5 Å². The quantitative estimate of drug-likeness (QED) is 0.933. The van der Waals surface area contributed by atoms with Gasteiger partial charge in [0.1, 0.15) is 12.2 Å². The van der Waals surface area contributed by atoms with Gasteiger partial charge in [-0.1, -0.05) is 36.4 Å². The number of aryl methyl sites for hydroxylation is 1. The van der Waals surface area contributed by atoms with E-state index >= 15 is 0 Å². The second kappa shape index (κ2) is 6.19. The van der Waals surface area contributed by atoms with Crippen molar-refractivity contribution in [2.75, 3.05) is 6.61 Å². The highest BCUT2D eigenvalue weighted by molar-refractivity contribution is 5.40. The number of fused-ring (bicyclic) bond motifs is 1. The molecule has 0 amide bonds. The van der Waals surface area contributed by atoms with Gasteiger partial charge in [0, 0.05) is 0 Å². The van der Waals surface area contributed by atoms with Gasteiger partial charge in [-0.25, -0.2) is 0 Å². The first-order chi connectivity index (χ1) is 10.3. The zero-order valence-electron chi connectivity index (χ0n) is 12.2. The first kappa shape index (κ1) is 14.0. The van der Waals surface area contributed by atoms with Crippen LogP contribution in [0.5, 0.6) is 11.5 Å². The van der Waals surface area contributed by atoms with Crippen molar-refractivity contribution >= 4 is 0 Å². The summed E-state index contributed by atoms with van der Waals surface area (Å²) in [6.07, 6.45) is 0.902. The van der Waals surface area contributed by atoms with E-state index in [1.165, 1.54) is 5.56 Å². The molecule has 0 heterocycles. The fourth-order valence-electron chi connectivity index (χ4n) is 2.82. The van der Waals surface area contributed by atoms with E-state index in [0.29, 0.717) is 12.4 Å². The van der Waals surface area contributed by atoms with Gasteiger partial charge in [0.25, 0.3) is 0 Å². The molecule has 2 atom stereocenters. The summed E-state index contributed by atoms with van der Waals surface area (Å²) in [4.78, 5) is 0. The average molecular weight is 284 g/mol. The van der Waals surface area contributed by atoms with Crippen LogP contribution in [0.3, 0.4) is 0 Å². The Labute approximate surface area is 125 Å². The highest BCUT2D eigenvalue weighted by atomic mass is 16.5. The number of ether oxygens (including phenoxy) is 2. The van der Waals surface area contributed by atoms with Gasteiger partial charge in [0.05, 0.1) is 6.61 Å². The highest BCUT2D eigenvalue weighted by Crippen LogP contribution is 2.35. The van der Waals surface area contributed by atoms with E-state index < -0.39 is 6.10 Å². The summed E-state index contributed by atoms with van der Waals surface area (Å²) in [5, 5.41) is 10.5. The third kappa shape index (κ3) is 2.88. The maximum atomic E-state index is 10.5. The molecule has 2 aromatic rings. The van der Waals surface area contributed by atoms with Crippen LogP contribution < -0.4 is 9.47 Å². The second-order valence-corrected chi connectivity index (χ2v) is 5.22. The van der Waals surface area contributed by atoms with Crippen LogP contribution in [0.25, 0.3) is 0 Å². The fourth-order valence-corrected chi connectivity index (χ4v) is 2.82. The zero-order valence-corrected chi connectivity index (χ0v) is 12.2.